The predicted molar refractivity (Wildman–Crippen MR) is 144 cm³/mol. The fraction of sp³-hybridized carbons (Fsp3) is 0.680. The second kappa shape index (κ2) is 15.5. The number of rotatable bonds is 10. The summed E-state index contributed by atoms with van der Waals surface area (Å²) in [6.07, 6.45) is 7.43. The van der Waals surface area contributed by atoms with Crippen LogP contribution >= 0.6 is 24.0 Å². The lowest BCUT2D eigenvalue weighted by atomic mass is 10.1. The molecule has 1 atom stereocenters. The molecule has 7 heteroatoms. The largest absolute Gasteiger partial charge is 0.357 e. The third-order valence-corrected chi connectivity index (χ3v) is 6.35. The Balaban J connectivity index is 0.00000363. The van der Waals surface area contributed by atoms with E-state index in [1.165, 1.54) is 24.9 Å². The van der Waals surface area contributed by atoms with Gasteiger partial charge >= 0.3 is 0 Å². The van der Waals surface area contributed by atoms with Crippen LogP contribution in [0.4, 0.5) is 0 Å². The van der Waals surface area contributed by atoms with Gasteiger partial charge in [-0.3, -0.25) is 9.79 Å². The van der Waals surface area contributed by atoms with E-state index in [4.69, 9.17) is 4.99 Å². The van der Waals surface area contributed by atoms with Crippen molar-refractivity contribution in [2.75, 3.05) is 52.4 Å². The van der Waals surface area contributed by atoms with Gasteiger partial charge in [-0.25, -0.2) is 0 Å². The highest BCUT2D eigenvalue weighted by Crippen LogP contribution is 2.17. The van der Waals surface area contributed by atoms with E-state index in [1.54, 1.807) is 0 Å². The van der Waals surface area contributed by atoms with E-state index < -0.39 is 0 Å². The molecule has 32 heavy (non-hydrogen) atoms. The van der Waals surface area contributed by atoms with E-state index in [-0.39, 0.29) is 24.0 Å². The van der Waals surface area contributed by atoms with Gasteiger partial charge in [0, 0.05) is 52.2 Å². The maximum Gasteiger partial charge on any atom is 0.222 e. The summed E-state index contributed by atoms with van der Waals surface area (Å²) in [5, 5.41) is 6.83. The molecule has 0 aromatic heterocycles. The minimum absolute atomic E-state index is 0. The van der Waals surface area contributed by atoms with Gasteiger partial charge in [0.15, 0.2) is 5.96 Å². The van der Waals surface area contributed by atoms with Gasteiger partial charge in [0.1, 0.15) is 0 Å². The Morgan fingerprint density at radius 3 is 2.75 bits per heavy atom. The SMILES string of the molecule is CCNC(=NCC1CCN(CCc2ccccc2)C1)NCCCN1CCCCCC1=O.I. The number of hydrogen-bond acceptors (Lipinski definition) is 3. The number of guanidine groups is 1. The summed E-state index contributed by atoms with van der Waals surface area (Å²) in [4.78, 5) is 21.6. The summed E-state index contributed by atoms with van der Waals surface area (Å²) in [6, 6.07) is 10.8. The highest BCUT2D eigenvalue weighted by molar-refractivity contribution is 14.0. The predicted octanol–water partition coefficient (Wildman–Crippen LogP) is 3.52. The van der Waals surface area contributed by atoms with Gasteiger partial charge in [-0.1, -0.05) is 36.8 Å². The lowest BCUT2D eigenvalue weighted by Gasteiger charge is -2.21. The molecule has 1 aromatic carbocycles. The van der Waals surface area contributed by atoms with E-state index in [0.717, 1.165) is 83.9 Å². The molecule has 0 aliphatic carbocycles. The van der Waals surface area contributed by atoms with Gasteiger partial charge in [-0.15, -0.1) is 24.0 Å². The molecule has 1 unspecified atom stereocenters. The first-order valence-electron chi connectivity index (χ1n) is 12.3. The van der Waals surface area contributed by atoms with Gasteiger partial charge in [0.25, 0.3) is 0 Å². The van der Waals surface area contributed by atoms with E-state index in [2.05, 4.69) is 52.8 Å². The van der Waals surface area contributed by atoms with Crippen molar-refractivity contribution in [1.29, 1.82) is 0 Å². The average Bonchev–Trinajstić information content (AvgIpc) is 3.15. The smallest absolute Gasteiger partial charge is 0.222 e. The molecular formula is C25H42IN5O. The van der Waals surface area contributed by atoms with Crippen LogP contribution in [0.25, 0.3) is 0 Å². The van der Waals surface area contributed by atoms with Crippen LogP contribution in [0.1, 0.15) is 51.0 Å². The molecular weight excluding hydrogens is 513 g/mol. The van der Waals surface area contributed by atoms with Crippen LogP contribution in [-0.4, -0.2) is 74.0 Å². The molecule has 2 fully saturated rings. The molecule has 180 valence electrons. The molecule has 2 aliphatic rings. The quantitative estimate of drug-likeness (QED) is 0.201. The summed E-state index contributed by atoms with van der Waals surface area (Å²) < 4.78 is 0. The molecule has 6 nitrogen and oxygen atoms in total. The van der Waals surface area contributed by atoms with Crippen molar-refractivity contribution in [3.8, 4) is 0 Å². The van der Waals surface area contributed by atoms with Crippen LogP contribution in [0.2, 0.25) is 0 Å². The highest BCUT2D eigenvalue weighted by atomic mass is 127. The van der Waals surface area contributed by atoms with Crippen molar-refractivity contribution in [1.82, 2.24) is 20.4 Å². The molecule has 1 aromatic rings. The molecule has 2 N–H and O–H groups in total. The van der Waals surface area contributed by atoms with Gasteiger partial charge in [0.05, 0.1) is 0 Å². The van der Waals surface area contributed by atoms with Gasteiger partial charge in [0.2, 0.25) is 5.91 Å². The molecule has 0 bridgehead atoms. The van der Waals surface area contributed by atoms with Crippen LogP contribution in [0.3, 0.4) is 0 Å². The standard InChI is InChI=1S/C25H41N5O.HI/c1-2-26-25(27-15-9-17-30-16-8-4-7-12-24(30)31)28-20-23-14-19-29(21-23)18-13-22-10-5-3-6-11-22;/h3,5-6,10-11,23H,2,4,7-9,12-21H2,1H3,(H2,26,27,28);1H. The summed E-state index contributed by atoms with van der Waals surface area (Å²) in [7, 11) is 0. The first kappa shape index (κ1) is 26.9. The molecule has 0 saturated carbocycles. The first-order chi connectivity index (χ1) is 15.2. The number of nitrogens with zero attached hydrogens (tertiary/aromatic N) is 3. The number of benzene rings is 1. The fourth-order valence-corrected chi connectivity index (χ4v) is 4.51. The Kier molecular flexibility index (Phi) is 13.0. The van der Waals surface area contributed by atoms with Crippen LogP contribution < -0.4 is 10.6 Å². The molecule has 0 radical (unpaired) electrons. The molecule has 0 spiro atoms. The van der Waals surface area contributed by atoms with E-state index in [9.17, 15) is 4.79 Å². The highest BCUT2D eigenvalue weighted by Gasteiger charge is 2.22. The van der Waals surface area contributed by atoms with E-state index >= 15 is 0 Å². The number of aliphatic imine (C=N–C) groups is 1. The van der Waals surface area contributed by atoms with Gasteiger partial charge in [-0.05, 0) is 57.1 Å². The average molecular weight is 556 g/mol. The summed E-state index contributed by atoms with van der Waals surface area (Å²) >= 11 is 0. The van der Waals surface area contributed by atoms with Crippen LogP contribution in [-0.2, 0) is 11.2 Å². The van der Waals surface area contributed by atoms with Gasteiger partial charge in [-0.2, -0.15) is 0 Å². The zero-order valence-corrected chi connectivity index (χ0v) is 22.1. The Morgan fingerprint density at radius 2 is 1.94 bits per heavy atom. The lowest BCUT2D eigenvalue weighted by molar-refractivity contribution is -0.130. The second-order valence-corrected chi connectivity index (χ2v) is 8.88. The minimum Gasteiger partial charge on any atom is -0.357 e. The van der Waals surface area contributed by atoms with Crippen molar-refractivity contribution in [3.63, 3.8) is 0 Å². The Hall–Kier alpha value is -1.35. The lowest BCUT2D eigenvalue weighted by Crippen LogP contribution is -2.40. The minimum atomic E-state index is 0. The van der Waals surface area contributed by atoms with Crippen LogP contribution in [0.5, 0.6) is 0 Å². The van der Waals surface area contributed by atoms with Crippen LogP contribution in [0, 0.1) is 5.92 Å². The van der Waals surface area contributed by atoms with E-state index in [0.29, 0.717) is 11.8 Å². The fourth-order valence-electron chi connectivity index (χ4n) is 4.51. The molecule has 3 rings (SSSR count). The third-order valence-electron chi connectivity index (χ3n) is 6.35. The maximum atomic E-state index is 12.1. The van der Waals surface area contributed by atoms with Gasteiger partial charge < -0.3 is 20.4 Å². The number of likely N-dealkylation sites (tertiary alicyclic amines) is 2. The Labute approximate surface area is 211 Å². The first-order valence-corrected chi connectivity index (χ1v) is 12.3. The van der Waals surface area contributed by atoms with Crippen molar-refractivity contribution < 1.29 is 4.79 Å². The number of halogens is 1. The maximum absolute atomic E-state index is 12.1. The number of carbonyl (C=O) groups excluding carboxylic acids is 1. The Bertz CT molecular complexity index is 684. The van der Waals surface area contributed by atoms with Crippen LogP contribution in [0.15, 0.2) is 35.3 Å². The zero-order valence-electron chi connectivity index (χ0n) is 19.7. The molecule has 2 aliphatic heterocycles. The number of carbonyl (C=O) groups is 1. The summed E-state index contributed by atoms with van der Waals surface area (Å²) in [5.74, 6) is 1.88. The Morgan fingerprint density at radius 1 is 1.09 bits per heavy atom. The van der Waals surface area contributed by atoms with Crippen molar-refractivity contribution in [3.05, 3.63) is 35.9 Å². The third kappa shape index (κ3) is 9.65. The number of hydrogen-bond donors (Lipinski definition) is 2. The number of nitrogens with one attached hydrogen (secondary N) is 2. The summed E-state index contributed by atoms with van der Waals surface area (Å²) in [5.41, 5.74) is 1.42. The molecule has 2 saturated heterocycles. The zero-order chi connectivity index (χ0) is 21.7. The normalized spacial score (nSPS) is 20.0. The number of amides is 1. The molecule has 2 heterocycles. The van der Waals surface area contributed by atoms with E-state index in [1.807, 2.05) is 4.90 Å². The monoisotopic (exact) mass is 555 g/mol. The topological polar surface area (TPSA) is 60.0 Å². The van der Waals surface area contributed by atoms with Crippen molar-refractivity contribution in [2.24, 2.45) is 10.9 Å². The summed E-state index contributed by atoms with van der Waals surface area (Å²) in [6.45, 7) is 9.94. The second-order valence-electron chi connectivity index (χ2n) is 8.88. The van der Waals surface area contributed by atoms with Crippen molar-refractivity contribution in [2.45, 2.75) is 51.9 Å². The van der Waals surface area contributed by atoms with Crippen molar-refractivity contribution >= 4 is 35.8 Å². The molecule has 1 amide bonds.